The van der Waals surface area contributed by atoms with E-state index in [1.54, 1.807) is 12.1 Å². The van der Waals surface area contributed by atoms with Crippen molar-refractivity contribution in [1.29, 1.82) is 0 Å². The summed E-state index contributed by atoms with van der Waals surface area (Å²) in [7, 11) is 1.92. The lowest BCUT2D eigenvalue weighted by atomic mass is 10.2. The molecule has 0 radical (unpaired) electrons. The van der Waals surface area contributed by atoms with Crippen LogP contribution in [0.25, 0.3) is 11.0 Å². The molecule has 0 N–H and O–H groups in total. The largest absolute Gasteiger partial charge is 0.331 e. The van der Waals surface area contributed by atoms with E-state index in [0.717, 1.165) is 23.1 Å². The summed E-state index contributed by atoms with van der Waals surface area (Å²) in [5.41, 5.74) is 2.23. The summed E-state index contributed by atoms with van der Waals surface area (Å²) in [6.45, 7) is 1.91. The van der Waals surface area contributed by atoms with E-state index in [0.29, 0.717) is 10.6 Å². The number of carbonyl (C=O) groups is 1. The number of nitrogens with zero attached hydrogens (tertiary/aromatic N) is 2. The van der Waals surface area contributed by atoms with Crippen LogP contribution in [0.1, 0.15) is 16.2 Å². The fourth-order valence-corrected chi connectivity index (χ4v) is 1.64. The van der Waals surface area contributed by atoms with Crippen LogP contribution >= 0.6 is 11.6 Å². The molecule has 0 unspecified atom stereocenters. The maximum absolute atomic E-state index is 10.6. The first-order valence-corrected chi connectivity index (χ1v) is 4.59. The van der Waals surface area contributed by atoms with Gasteiger partial charge in [-0.3, -0.25) is 4.79 Å². The first kappa shape index (κ1) is 9.21. The van der Waals surface area contributed by atoms with Crippen molar-refractivity contribution in [3.05, 3.63) is 28.5 Å². The predicted molar refractivity (Wildman–Crippen MR) is 55.8 cm³/mol. The highest BCUT2D eigenvalue weighted by atomic mass is 35.5. The van der Waals surface area contributed by atoms with E-state index in [1.165, 1.54) is 0 Å². The van der Waals surface area contributed by atoms with Gasteiger partial charge >= 0.3 is 0 Å². The van der Waals surface area contributed by atoms with Crippen LogP contribution < -0.4 is 0 Å². The molecule has 0 aliphatic heterocycles. The molecule has 0 bridgehead atoms. The zero-order chi connectivity index (χ0) is 10.3. The summed E-state index contributed by atoms with van der Waals surface area (Å²) in [4.78, 5) is 15.0. The molecule has 1 heterocycles. The van der Waals surface area contributed by atoms with E-state index in [9.17, 15) is 4.79 Å². The van der Waals surface area contributed by atoms with Crippen LogP contribution in [0, 0.1) is 6.92 Å². The number of halogens is 1. The standard InChI is InChI=1S/C10H9ClN2O/c1-6-12-9-3-7(5-14)8(11)4-10(9)13(6)2/h3-5H,1-2H3. The summed E-state index contributed by atoms with van der Waals surface area (Å²) >= 11 is 5.91. The summed E-state index contributed by atoms with van der Waals surface area (Å²) < 4.78 is 1.94. The summed E-state index contributed by atoms with van der Waals surface area (Å²) in [5, 5.41) is 0.468. The monoisotopic (exact) mass is 208 g/mol. The molecular formula is C10H9ClN2O. The van der Waals surface area contributed by atoms with Gasteiger partial charge in [0.25, 0.3) is 0 Å². The highest BCUT2D eigenvalue weighted by molar-refractivity contribution is 6.33. The fourth-order valence-electron chi connectivity index (χ4n) is 1.44. The lowest BCUT2D eigenvalue weighted by Gasteiger charge is -1.98. The number of benzene rings is 1. The number of hydrogen-bond acceptors (Lipinski definition) is 2. The van der Waals surface area contributed by atoms with Crippen molar-refractivity contribution in [3.8, 4) is 0 Å². The zero-order valence-electron chi connectivity index (χ0n) is 7.91. The molecule has 4 heteroatoms. The van der Waals surface area contributed by atoms with Gasteiger partial charge in [-0.2, -0.15) is 0 Å². The Labute approximate surface area is 86.3 Å². The van der Waals surface area contributed by atoms with Crippen LogP contribution in [0.15, 0.2) is 12.1 Å². The minimum absolute atomic E-state index is 0.468. The normalized spacial score (nSPS) is 10.8. The minimum atomic E-state index is 0.468. The second-order valence-corrected chi connectivity index (χ2v) is 3.61. The third-order valence-electron chi connectivity index (χ3n) is 2.35. The lowest BCUT2D eigenvalue weighted by Crippen LogP contribution is -1.90. The third kappa shape index (κ3) is 1.21. The van der Waals surface area contributed by atoms with Crippen molar-refractivity contribution in [2.45, 2.75) is 6.92 Å². The Balaban J connectivity index is 2.85. The number of aldehydes is 1. The number of aromatic nitrogens is 2. The molecule has 0 saturated carbocycles. The van der Waals surface area contributed by atoms with Crippen LogP contribution in [-0.4, -0.2) is 15.8 Å². The zero-order valence-corrected chi connectivity index (χ0v) is 8.67. The Bertz CT molecular complexity index is 516. The highest BCUT2D eigenvalue weighted by Crippen LogP contribution is 2.22. The van der Waals surface area contributed by atoms with E-state index in [-0.39, 0.29) is 0 Å². The van der Waals surface area contributed by atoms with E-state index in [2.05, 4.69) is 4.98 Å². The second-order valence-electron chi connectivity index (χ2n) is 3.20. The van der Waals surface area contributed by atoms with Gasteiger partial charge in [-0.05, 0) is 19.1 Å². The number of fused-ring (bicyclic) bond motifs is 1. The third-order valence-corrected chi connectivity index (χ3v) is 2.68. The van der Waals surface area contributed by atoms with Crippen LogP contribution in [0.4, 0.5) is 0 Å². The minimum Gasteiger partial charge on any atom is -0.331 e. The van der Waals surface area contributed by atoms with Gasteiger partial charge in [-0.15, -0.1) is 0 Å². The first-order chi connectivity index (χ1) is 6.63. The molecule has 0 saturated heterocycles. The number of hydrogen-bond donors (Lipinski definition) is 0. The number of imidazole rings is 1. The summed E-state index contributed by atoms with van der Waals surface area (Å²) in [5.74, 6) is 0.902. The van der Waals surface area contributed by atoms with Gasteiger partial charge in [0.2, 0.25) is 0 Å². The summed E-state index contributed by atoms with van der Waals surface area (Å²) in [6.07, 6.45) is 0.742. The van der Waals surface area contributed by atoms with Crippen LogP contribution in [0.2, 0.25) is 5.02 Å². The smallest absolute Gasteiger partial charge is 0.151 e. The molecule has 2 rings (SSSR count). The van der Waals surface area contributed by atoms with Crippen molar-refractivity contribution in [2.24, 2.45) is 7.05 Å². The van der Waals surface area contributed by atoms with Gasteiger partial charge in [0.15, 0.2) is 6.29 Å². The molecule has 14 heavy (non-hydrogen) atoms. The molecule has 0 amide bonds. The van der Waals surface area contributed by atoms with Gasteiger partial charge in [-0.1, -0.05) is 11.6 Å². The van der Waals surface area contributed by atoms with E-state index in [1.807, 2.05) is 18.5 Å². The lowest BCUT2D eigenvalue weighted by molar-refractivity contribution is 0.112. The van der Waals surface area contributed by atoms with Crippen LogP contribution in [-0.2, 0) is 7.05 Å². The van der Waals surface area contributed by atoms with Crippen molar-refractivity contribution >= 4 is 28.9 Å². The van der Waals surface area contributed by atoms with Gasteiger partial charge < -0.3 is 4.57 Å². The SMILES string of the molecule is Cc1nc2cc(C=O)c(Cl)cc2n1C. The van der Waals surface area contributed by atoms with Crippen molar-refractivity contribution in [3.63, 3.8) is 0 Å². The molecule has 3 nitrogen and oxygen atoms in total. The molecule has 72 valence electrons. The van der Waals surface area contributed by atoms with E-state index in [4.69, 9.17) is 11.6 Å². The highest BCUT2D eigenvalue weighted by Gasteiger charge is 2.07. The molecule has 1 aromatic carbocycles. The number of aryl methyl sites for hydroxylation is 2. The Morgan fingerprint density at radius 1 is 1.50 bits per heavy atom. The molecule has 0 spiro atoms. The molecular weight excluding hydrogens is 200 g/mol. The molecule has 0 aliphatic rings. The number of rotatable bonds is 1. The van der Waals surface area contributed by atoms with Gasteiger partial charge in [-0.25, -0.2) is 4.98 Å². The molecule has 0 aliphatic carbocycles. The Kier molecular flexibility index (Phi) is 2.04. The Morgan fingerprint density at radius 3 is 2.86 bits per heavy atom. The maximum atomic E-state index is 10.6. The molecule has 2 aromatic rings. The van der Waals surface area contributed by atoms with Gasteiger partial charge in [0.1, 0.15) is 5.82 Å². The Hall–Kier alpha value is -1.35. The van der Waals surface area contributed by atoms with Gasteiger partial charge in [0.05, 0.1) is 16.1 Å². The second kappa shape index (κ2) is 3.10. The number of carbonyl (C=O) groups excluding carboxylic acids is 1. The molecule has 0 fully saturated rings. The van der Waals surface area contributed by atoms with Crippen molar-refractivity contribution in [2.75, 3.05) is 0 Å². The fraction of sp³-hybridized carbons (Fsp3) is 0.200. The van der Waals surface area contributed by atoms with Crippen molar-refractivity contribution in [1.82, 2.24) is 9.55 Å². The average Bonchev–Trinajstić information content (AvgIpc) is 2.43. The molecule has 0 atom stereocenters. The van der Waals surface area contributed by atoms with E-state index < -0.39 is 0 Å². The van der Waals surface area contributed by atoms with Gasteiger partial charge in [0, 0.05) is 12.6 Å². The Morgan fingerprint density at radius 2 is 2.21 bits per heavy atom. The van der Waals surface area contributed by atoms with Crippen LogP contribution in [0.3, 0.4) is 0 Å². The predicted octanol–water partition coefficient (Wildman–Crippen LogP) is 2.35. The van der Waals surface area contributed by atoms with Crippen LogP contribution in [0.5, 0.6) is 0 Å². The average molecular weight is 209 g/mol. The van der Waals surface area contributed by atoms with Crippen molar-refractivity contribution < 1.29 is 4.79 Å². The topological polar surface area (TPSA) is 34.9 Å². The van der Waals surface area contributed by atoms with E-state index >= 15 is 0 Å². The summed E-state index contributed by atoms with van der Waals surface area (Å²) in [6, 6.07) is 3.47. The maximum Gasteiger partial charge on any atom is 0.151 e. The first-order valence-electron chi connectivity index (χ1n) is 4.21. The molecule has 1 aromatic heterocycles. The quantitative estimate of drug-likeness (QED) is 0.675.